The monoisotopic (exact) mass is 428 g/mol. The smallest absolute Gasteiger partial charge is 0.241 e. The van der Waals surface area contributed by atoms with Crippen LogP contribution in [-0.4, -0.2) is 27.1 Å². The summed E-state index contributed by atoms with van der Waals surface area (Å²) in [6, 6.07) is 10.1. The average Bonchev–Trinajstić information content (AvgIpc) is 2.52. The van der Waals surface area contributed by atoms with Gasteiger partial charge in [0, 0.05) is 5.02 Å². The summed E-state index contributed by atoms with van der Waals surface area (Å²) >= 11 is 12.0. The number of aryl methyl sites for hydroxylation is 2. The number of carbonyl (C=O) groups excluding carboxylic acids is 1. The largest absolute Gasteiger partial charge is 0.348 e. The highest BCUT2D eigenvalue weighted by molar-refractivity contribution is 7.92. The predicted octanol–water partition coefficient (Wildman–Crippen LogP) is 4.25. The van der Waals surface area contributed by atoms with Crippen molar-refractivity contribution in [3.63, 3.8) is 0 Å². The van der Waals surface area contributed by atoms with Crippen LogP contribution in [0.1, 0.15) is 29.7 Å². The van der Waals surface area contributed by atoms with Crippen LogP contribution in [0.15, 0.2) is 36.4 Å². The van der Waals surface area contributed by atoms with Gasteiger partial charge in [-0.25, -0.2) is 8.42 Å². The van der Waals surface area contributed by atoms with E-state index in [-0.39, 0.29) is 23.3 Å². The van der Waals surface area contributed by atoms with Crippen molar-refractivity contribution in [3.05, 3.63) is 63.1 Å². The molecule has 8 heteroatoms. The van der Waals surface area contributed by atoms with Gasteiger partial charge in [0.25, 0.3) is 0 Å². The van der Waals surface area contributed by atoms with Crippen molar-refractivity contribution in [1.29, 1.82) is 0 Å². The molecule has 1 N–H and O–H groups in total. The van der Waals surface area contributed by atoms with E-state index in [1.54, 1.807) is 0 Å². The van der Waals surface area contributed by atoms with Gasteiger partial charge in [-0.3, -0.25) is 9.10 Å². The molecule has 0 unspecified atom stereocenters. The number of hydrogen-bond acceptors (Lipinski definition) is 3. The molecule has 0 saturated heterocycles. The van der Waals surface area contributed by atoms with Gasteiger partial charge in [-0.05, 0) is 50.1 Å². The maximum absolute atomic E-state index is 12.5. The number of hydrogen-bond donors (Lipinski definition) is 1. The SMILES string of the molecule is Cc1ccc([C@H](C)NC(=O)CN(c2ccc(Cl)cc2Cl)S(C)(=O)=O)c(C)c1. The fraction of sp³-hybridized carbons (Fsp3) is 0.316. The molecular weight excluding hydrogens is 407 g/mol. The summed E-state index contributed by atoms with van der Waals surface area (Å²) in [5.41, 5.74) is 3.38. The lowest BCUT2D eigenvalue weighted by atomic mass is 10.0. The van der Waals surface area contributed by atoms with E-state index in [4.69, 9.17) is 23.2 Å². The lowest BCUT2D eigenvalue weighted by Crippen LogP contribution is -2.41. The molecule has 0 heterocycles. The van der Waals surface area contributed by atoms with Crippen LogP contribution in [0.3, 0.4) is 0 Å². The Labute approximate surface area is 170 Å². The third-order valence-electron chi connectivity index (χ3n) is 4.14. The number of amides is 1. The van der Waals surface area contributed by atoms with Gasteiger partial charge in [-0.1, -0.05) is 47.0 Å². The van der Waals surface area contributed by atoms with Crippen molar-refractivity contribution in [3.8, 4) is 0 Å². The second kappa shape index (κ2) is 8.50. The van der Waals surface area contributed by atoms with E-state index < -0.39 is 15.9 Å². The summed E-state index contributed by atoms with van der Waals surface area (Å²) < 4.78 is 25.4. The Hall–Kier alpha value is -1.76. The Morgan fingerprint density at radius 3 is 2.37 bits per heavy atom. The normalized spacial score (nSPS) is 12.5. The molecular formula is C19H22Cl2N2O3S. The molecule has 146 valence electrons. The van der Waals surface area contributed by atoms with E-state index in [1.165, 1.54) is 18.2 Å². The van der Waals surface area contributed by atoms with Gasteiger partial charge < -0.3 is 5.32 Å². The summed E-state index contributed by atoms with van der Waals surface area (Å²) in [6.45, 7) is 5.45. The predicted molar refractivity (Wildman–Crippen MR) is 111 cm³/mol. The maximum atomic E-state index is 12.5. The van der Waals surface area contributed by atoms with Crippen molar-refractivity contribution < 1.29 is 13.2 Å². The highest BCUT2D eigenvalue weighted by Crippen LogP contribution is 2.30. The second-order valence-corrected chi connectivity index (χ2v) is 9.27. The van der Waals surface area contributed by atoms with Gasteiger partial charge in [-0.15, -0.1) is 0 Å². The second-order valence-electron chi connectivity index (χ2n) is 6.51. The van der Waals surface area contributed by atoms with E-state index in [2.05, 4.69) is 5.32 Å². The van der Waals surface area contributed by atoms with Crippen molar-refractivity contribution in [2.75, 3.05) is 17.1 Å². The standard InChI is InChI=1S/C19H22Cl2N2O3S/c1-12-5-7-16(13(2)9-12)14(3)22-19(24)11-23(27(4,25)26)18-8-6-15(20)10-17(18)21/h5-10,14H,11H2,1-4H3,(H,22,24)/t14-/m0/s1. The first-order chi connectivity index (χ1) is 12.5. The summed E-state index contributed by atoms with van der Waals surface area (Å²) in [4.78, 5) is 12.5. The molecule has 2 aromatic rings. The third-order valence-corrected chi connectivity index (χ3v) is 5.80. The van der Waals surface area contributed by atoms with Crippen LogP contribution in [0.5, 0.6) is 0 Å². The number of rotatable bonds is 6. The highest BCUT2D eigenvalue weighted by atomic mass is 35.5. The number of nitrogens with zero attached hydrogens (tertiary/aromatic N) is 1. The van der Waals surface area contributed by atoms with E-state index in [0.717, 1.165) is 27.3 Å². The highest BCUT2D eigenvalue weighted by Gasteiger charge is 2.24. The quantitative estimate of drug-likeness (QED) is 0.747. The lowest BCUT2D eigenvalue weighted by Gasteiger charge is -2.24. The Balaban J connectivity index is 2.21. The van der Waals surface area contributed by atoms with Gasteiger partial charge in [0.1, 0.15) is 6.54 Å². The molecule has 1 atom stereocenters. The van der Waals surface area contributed by atoms with E-state index in [9.17, 15) is 13.2 Å². The van der Waals surface area contributed by atoms with E-state index >= 15 is 0 Å². The molecule has 27 heavy (non-hydrogen) atoms. The van der Waals surface area contributed by atoms with Crippen molar-refractivity contribution >= 4 is 44.8 Å². The molecule has 0 spiro atoms. The van der Waals surface area contributed by atoms with Gasteiger partial charge in [0.05, 0.1) is 23.0 Å². The minimum atomic E-state index is -3.72. The number of halogens is 2. The Morgan fingerprint density at radius 2 is 1.81 bits per heavy atom. The Bertz CT molecular complexity index is 961. The van der Waals surface area contributed by atoms with Gasteiger partial charge in [-0.2, -0.15) is 0 Å². The van der Waals surface area contributed by atoms with Gasteiger partial charge in [0.2, 0.25) is 15.9 Å². The maximum Gasteiger partial charge on any atom is 0.241 e. The Kier molecular flexibility index (Phi) is 6.78. The molecule has 2 aromatic carbocycles. The van der Waals surface area contributed by atoms with Gasteiger partial charge in [0.15, 0.2) is 0 Å². The fourth-order valence-electron chi connectivity index (χ4n) is 2.87. The Morgan fingerprint density at radius 1 is 1.15 bits per heavy atom. The lowest BCUT2D eigenvalue weighted by molar-refractivity contribution is -0.120. The van der Waals surface area contributed by atoms with Crippen LogP contribution in [0.4, 0.5) is 5.69 Å². The topological polar surface area (TPSA) is 66.5 Å². The molecule has 0 radical (unpaired) electrons. The third kappa shape index (κ3) is 5.61. The molecule has 0 aliphatic rings. The number of nitrogens with one attached hydrogen (secondary N) is 1. The van der Waals surface area contributed by atoms with Crippen LogP contribution in [0.25, 0.3) is 0 Å². The summed E-state index contributed by atoms with van der Waals surface area (Å²) in [6.07, 6.45) is 1.03. The van der Waals surface area contributed by atoms with Crippen molar-refractivity contribution in [1.82, 2.24) is 5.32 Å². The van der Waals surface area contributed by atoms with Crippen LogP contribution in [-0.2, 0) is 14.8 Å². The molecule has 0 aromatic heterocycles. The molecule has 0 fully saturated rings. The molecule has 1 amide bonds. The number of sulfonamides is 1. The molecule has 0 bridgehead atoms. The first kappa shape index (κ1) is 21.5. The summed E-state index contributed by atoms with van der Waals surface area (Å²) in [5, 5.41) is 3.38. The van der Waals surface area contributed by atoms with E-state index in [1.807, 2.05) is 39.0 Å². The molecule has 0 saturated carbocycles. The van der Waals surface area contributed by atoms with Crippen LogP contribution in [0.2, 0.25) is 10.0 Å². The first-order valence-electron chi connectivity index (χ1n) is 8.28. The van der Waals surface area contributed by atoms with Crippen molar-refractivity contribution in [2.24, 2.45) is 0 Å². The average molecular weight is 429 g/mol. The van der Waals surface area contributed by atoms with E-state index in [0.29, 0.717) is 5.02 Å². The van der Waals surface area contributed by atoms with Gasteiger partial charge >= 0.3 is 0 Å². The zero-order valence-electron chi connectivity index (χ0n) is 15.6. The number of benzene rings is 2. The summed E-state index contributed by atoms with van der Waals surface area (Å²) in [7, 11) is -3.72. The molecule has 2 rings (SSSR count). The first-order valence-corrected chi connectivity index (χ1v) is 10.9. The molecule has 0 aliphatic carbocycles. The minimum absolute atomic E-state index is 0.156. The fourth-order valence-corrected chi connectivity index (χ4v) is 4.30. The minimum Gasteiger partial charge on any atom is -0.348 e. The zero-order chi connectivity index (χ0) is 20.4. The zero-order valence-corrected chi connectivity index (χ0v) is 17.9. The van der Waals surface area contributed by atoms with Crippen LogP contribution < -0.4 is 9.62 Å². The van der Waals surface area contributed by atoms with Crippen LogP contribution in [0, 0.1) is 13.8 Å². The molecule has 5 nitrogen and oxygen atoms in total. The molecule has 0 aliphatic heterocycles. The number of carbonyl (C=O) groups is 1. The van der Waals surface area contributed by atoms with Crippen LogP contribution >= 0.6 is 23.2 Å². The summed E-state index contributed by atoms with van der Waals surface area (Å²) in [5.74, 6) is -0.432. The number of anilines is 1. The van der Waals surface area contributed by atoms with Crippen molar-refractivity contribution in [2.45, 2.75) is 26.8 Å².